The molecule has 2 aliphatic rings. The molecule has 2 heteroatoms. The Morgan fingerprint density at radius 1 is 1.27 bits per heavy atom. The van der Waals surface area contributed by atoms with E-state index in [-0.39, 0.29) is 5.60 Å². The van der Waals surface area contributed by atoms with Gasteiger partial charge in [0.05, 0.1) is 12.2 Å². The van der Waals surface area contributed by atoms with Crippen molar-refractivity contribution in [3.05, 3.63) is 0 Å². The molecule has 1 aliphatic carbocycles. The van der Waals surface area contributed by atoms with Crippen LogP contribution in [0, 0.1) is 0 Å². The third-order valence-corrected chi connectivity index (χ3v) is 4.06. The number of rotatable bonds is 4. The van der Waals surface area contributed by atoms with Crippen LogP contribution in [0.1, 0.15) is 58.3 Å². The lowest BCUT2D eigenvalue weighted by Crippen LogP contribution is -2.56. The molecule has 1 heterocycles. The molecule has 1 unspecified atom stereocenters. The minimum absolute atomic E-state index is 0.228. The van der Waals surface area contributed by atoms with Crippen LogP contribution in [0.3, 0.4) is 0 Å². The van der Waals surface area contributed by atoms with Crippen LogP contribution in [-0.2, 0) is 4.74 Å². The van der Waals surface area contributed by atoms with Gasteiger partial charge >= 0.3 is 0 Å². The van der Waals surface area contributed by atoms with Gasteiger partial charge in [0.25, 0.3) is 0 Å². The number of hydrogen-bond donors (Lipinski definition) is 1. The Morgan fingerprint density at radius 2 is 2.07 bits per heavy atom. The SMILES string of the molecule is CCCCCC1NCCOC12CCCC2. The first-order chi connectivity index (χ1) is 7.37. The van der Waals surface area contributed by atoms with Crippen molar-refractivity contribution in [3.8, 4) is 0 Å². The van der Waals surface area contributed by atoms with E-state index in [1.54, 1.807) is 0 Å². The lowest BCUT2D eigenvalue weighted by molar-refractivity contribution is -0.0941. The number of hydrogen-bond acceptors (Lipinski definition) is 2. The molecule has 1 atom stereocenters. The molecule has 2 nitrogen and oxygen atoms in total. The minimum Gasteiger partial charge on any atom is -0.372 e. The largest absolute Gasteiger partial charge is 0.372 e. The normalized spacial score (nSPS) is 29.8. The molecule has 1 aliphatic heterocycles. The first-order valence-corrected chi connectivity index (χ1v) is 6.75. The lowest BCUT2D eigenvalue weighted by Gasteiger charge is -2.42. The van der Waals surface area contributed by atoms with Crippen molar-refractivity contribution in [1.29, 1.82) is 0 Å². The van der Waals surface area contributed by atoms with Gasteiger partial charge in [-0.1, -0.05) is 39.0 Å². The van der Waals surface area contributed by atoms with E-state index < -0.39 is 0 Å². The van der Waals surface area contributed by atoms with Gasteiger partial charge in [0, 0.05) is 12.6 Å². The molecule has 2 fully saturated rings. The number of morpholine rings is 1. The van der Waals surface area contributed by atoms with E-state index in [0.717, 1.165) is 13.2 Å². The first-order valence-electron chi connectivity index (χ1n) is 6.75. The summed E-state index contributed by atoms with van der Waals surface area (Å²) < 4.78 is 6.11. The van der Waals surface area contributed by atoms with Crippen molar-refractivity contribution in [2.75, 3.05) is 13.2 Å². The predicted octanol–water partition coefficient (Wildman–Crippen LogP) is 2.87. The van der Waals surface area contributed by atoms with Crippen molar-refractivity contribution in [1.82, 2.24) is 5.32 Å². The van der Waals surface area contributed by atoms with E-state index in [0.29, 0.717) is 6.04 Å². The summed E-state index contributed by atoms with van der Waals surface area (Å²) in [4.78, 5) is 0. The fourth-order valence-electron chi connectivity index (χ4n) is 3.20. The summed E-state index contributed by atoms with van der Waals surface area (Å²) in [5.74, 6) is 0. The Labute approximate surface area is 93.8 Å². The molecule has 0 radical (unpaired) electrons. The van der Waals surface area contributed by atoms with Crippen LogP contribution in [0.15, 0.2) is 0 Å². The zero-order valence-electron chi connectivity index (χ0n) is 10.1. The van der Waals surface area contributed by atoms with Gasteiger partial charge in [-0.15, -0.1) is 0 Å². The summed E-state index contributed by atoms with van der Waals surface area (Å²) in [6.45, 7) is 4.25. The van der Waals surface area contributed by atoms with E-state index >= 15 is 0 Å². The molecule has 88 valence electrons. The maximum Gasteiger partial charge on any atom is 0.0835 e. The Kier molecular flexibility index (Phi) is 4.04. The van der Waals surface area contributed by atoms with Gasteiger partial charge in [0.1, 0.15) is 0 Å². The van der Waals surface area contributed by atoms with Crippen LogP contribution < -0.4 is 5.32 Å². The Morgan fingerprint density at radius 3 is 2.80 bits per heavy atom. The predicted molar refractivity (Wildman–Crippen MR) is 63.1 cm³/mol. The monoisotopic (exact) mass is 211 g/mol. The molecule has 0 amide bonds. The molecule has 1 saturated heterocycles. The lowest BCUT2D eigenvalue weighted by atomic mass is 9.87. The molecule has 0 aromatic carbocycles. The zero-order valence-corrected chi connectivity index (χ0v) is 10.1. The maximum atomic E-state index is 6.11. The molecule has 15 heavy (non-hydrogen) atoms. The maximum absolute atomic E-state index is 6.11. The topological polar surface area (TPSA) is 21.3 Å². The smallest absolute Gasteiger partial charge is 0.0835 e. The molecule has 0 bridgehead atoms. The van der Waals surface area contributed by atoms with Crippen molar-refractivity contribution < 1.29 is 4.74 Å². The van der Waals surface area contributed by atoms with Gasteiger partial charge in [0.15, 0.2) is 0 Å². The van der Waals surface area contributed by atoms with Crippen LogP contribution in [-0.4, -0.2) is 24.8 Å². The van der Waals surface area contributed by atoms with E-state index in [2.05, 4.69) is 12.2 Å². The summed E-state index contributed by atoms with van der Waals surface area (Å²) in [6, 6.07) is 0.639. The second-order valence-electron chi connectivity index (χ2n) is 5.12. The summed E-state index contributed by atoms with van der Waals surface area (Å²) in [7, 11) is 0. The molecule has 0 aromatic rings. The van der Waals surface area contributed by atoms with Crippen molar-refractivity contribution in [3.63, 3.8) is 0 Å². The van der Waals surface area contributed by atoms with Crippen LogP contribution in [0.25, 0.3) is 0 Å². The van der Waals surface area contributed by atoms with Gasteiger partial charge in [0.2, 0.25) is 0 Å². The van der Waals surface area contributed by atoms with Gasteiger partial charge in [-0.2, -0.15) is 0 Å². The summed E-state index contributed by atoms with van der Waals surface area (Å²) in [5, 5.41) is 3.69. The van der Waals surface area contributed by atoms with E-state index in [9.17, 15) is 0 Å². The standard InChI is InChI=1S/C13H25NO/c1-2-3-4-7-12-13(8-5-6-9-13)15-11-10-14-12/h12,14H,2-11H2,1H3. The summed E-state index contributed by atoms with van der Waals surface area (Å²) in [5.41, 5.74) is 0.228. The Bertz CT molecular complexity index is 187. The number of nitrogens with one attached hydrogen (secondary N) is 1. The zero-order chi connectivity index (χ0) is 10.6. The van der Waals surface area contributed by atoms with Crippen LogP contribution in [0.5, 0.6) is 0 Å². The van der Waals surface area contributed by atoms with Crippen molar-refractivity contribution >= 4 is 0 Å². The molecular weight excluding hydrogens is 186 g/mol. The average Bonchev–Trinajstić information content (AvgIpc) is 2.71. The van der Waals surface area contributed by atoms with E-state index in [1.165, 1.54) is 51.4 Å². The number of ether oxygens (including phenoxy) is 1. The first kappa shape index (κ1) is 11.4. The molecule has 0 aromatic heterocycles. The summed E-state index contributed by atoms with van der Waals surface area (Å²) in [6.07, 6.45) is 10.7. The molecule has 2 rings (SSSR count). The Hall–Kier alpha value is -0.0800. The highest BCUT2D eigenvalue weighted by Crippen LogP contribution is 2.39. The quantitative estimate of drug-likeness (QED) is 0.722. The fourth-order valence-corrected chi connectivity index (χ4v) is 3.20. The van der Waals surface area contributed by atoms with Gasteiger partial charge in [-0.05, 0) is 19.3 Å². The molecule has 1 saturated carbocycles. The average molecular weight is 211 g/mol. The highest BCUT2D eigenvalue weighted by molar-refractivity contribution is 4.98. The second kappa shape index (κ2) is 5.31. The van der Waals surface area contributed by atoms with Gasteiger partial charge in [-0.25, -0.2) is 0 Å². The van der Waals surface area contributed by atoms with Crippen molar-refractivity contribution in [2.45, 2.75) is 69.9 Å². The van der Waals surface area contributed by atoms with Gasteiger partial charge in [-0.3, -0.25) is 0 Å². The van der Waals surface area contributed by atoms with Crippen LogP contribution >= 0.6 is 0 Å². The minimum atomic E-state index is 0.228. The number of unbranched alkanes of at least 4 members (excludes halogenated alkanes) is 2. The van der Waals surface area contributed by atoms with E-state index in [4.69, 9.17) is 4.74 Å². The molecular formula is C13H25NO. The fraction of sp³-hybridized carbons (Fsp3) is 1.00. The Balaban J connectivity index is 1.88. The third kappa shape index (κ3) is 2.54. The van der Waals surface area contributed by atoms with Gasteiger partial charge < -0.3 is 10.1 Å². The van der Waals surface area contributed by atoms with Crippen LogP contribution in [0.4, 0.5) is 0 Å². The summed E-state index contributed by atoms with van der Waals surface area (Å²) >= 11 is 0. The highest BCUT2D eigenvalue weighted by atomic mass is 16.5. The molecule has 1 N–H and O–H groups in total. The molecule has 1 spiro atoms. The third-order valence-electron chi connectivity index (χ3n) is 4.06. The highest BCUT2D eigenvalue weighted by Gasteiger charge is 2.43. The van der Waals surface area contributed by atoms with Crippen molar-refractivity contribution in [2.24, 2.45) is 0 Å². The second-order valence-corrected chi connectivity index (χ2v) is 5.12. The van der Waals surface area contributed by atoms with E-state index in [1.807, 2.05) is 0 Å². The van der Waals surface area contributed by atoms with Crippen LogP contribution in [0.2, 0.25) is 0 Å².